The van der Waals surface area contributed by atoms with Crippen molar-refractivity contribution in [2.75, 3.05) is 0 Å². The third-order valence-corrected chi connectivity index (χ3v) is 0.166. The molecule has 0 fully saturated rings. The van der Waals surface area contributed by atoms with Gasteiger partial charge in [0.1, 0.15) is 0 Å². The Balaban J connectivity index is -0.0000000800. The Morgan fingerprint density at radius 3 is 1.86 bits per heavy atom. The van der Waals surface area contributed by atoms with Gasteiger partial charge in [-0.15, -0.1) is 0 Å². The van der Waals surface area contributed by atoms with Gasteiger partial charge in [-0.05, 0) is 0 Å². The van der Waals surface area contributed by atoms with Crippen LogP contribution in [-0.4, -0.2) is 5.97 Å². The summed E-state index contributed by atoms with van der Waals surface area (Å²) in [6, 6.07) is 0. The van der Waals surface area contributed by atoms with Gasteiger partial charge in [0.25, 0.3) is 0 Å². The van der Waals surface area contributed by atoms with Crippen LogP contribution < -0.4 is 12.0 Å². The first-order chi connectivity index (χ1) is 2.27. The number of hydrogen-bond donors (Lipinski definition) is 2. The molecule has 0 heterocycles. The fourth-order valence-electron chi connectivity index (χ4n) is 0. The van der Waals surface area contributed by atoms with Gasteiger partial charge in [-0.25, -0.2) is 0 Å². The summed E-state index contributed by atoms with van der Waals surface area (Å²) in [6.07, 6.45) is 0. The van der Waals surface area contributed by atoms with Crippen LogP contribution in [0.4, 0.5) is 0 Å². The molecule has 0 atom stereocenters. The molecular formula is C2H9N2O2Zn+3. The van der Waals surface area contributed by atoms with E-state index in [2.05, 4.69) is 10.7 Å². The molecule has 0 saturated carbocycles. The summed E-state index contributed by atoms with van der Waals surface area (Å²) in [5.74, 6) is 3.85. The standard InChI is InChI=1S/C2H5NO2.H3N.Zn/c1-2(4)5-3;;/h3H2,1H3;1H3;/q;;+2/p+1. The maximum Gasteiger partial charge on any atom is 2.00 e. The van der Waals surface area contributed by atoms with Crippen LogP contribution in [0, 0.1) is 0 Å². The number of quaternary nitrogens is 1. The van der Waals surface area contributed by atoms with Gasteiger partial charge in [-0.1, -0.05) is 0 Å². The molecule has 4 nitrogen and oxygen atoms in total. The molecule has 6 N–H and O–H groups in total. The Bertz CT molecular complexity index is 49.0. The summed E-state index contributed by atoms with van der Waals surface area (Å²) < 4.78 is 0. The largest absolute Gasteiger partial charge is 2.00 e. The summed E-state index contributed by atoms with van der Waals surface area (Å²) >= 11 is 0. The van der Waals surface area contributed by atoms with Gasteiger partial charge in [0.15, 0.2) is 0 Å². The molecule has 38 valence electrons. The second-order valence-electron chi connectivity index (χ2n) is 0.609. The van der Waals surface area contributed by atoms with Crippen molar-refractivity contribution in [3.05, 3.63) is 0 Å². The monoisotopic (exact) mass is 157 g/mol. The fraction of sp³-hybridized carbons (Fsp3) is 0.500. The number of hydrogen-bond acceptors (Lipinski definition) is 3. The van der Waals surface area contributed by atoms with Crippen LogP contribution >= 0.6 is 0 Å². The minimum absolute atomic E-state index is 0. The number of carbonyl (C=O) groups excluding carboxylic acids is 1. The maximum absolute atomic E-state index is 9.47. The molecule has 0 amide bonds. The normalized spacial score (nSPS) is 4.86. The zero-order chi connectivity index (χ0) is 4.28. The molecule has 0 unspecified atom stereocenters. The molecule has 0 aliphatic rings. The van der Waals surface area contributed by atoms with Gasteiger partial charge in [-0.2, -0.15) is 5.90 Å². The van der Waals surface area contributed by atoms with E-state index in [9.17, 15) is 4.79 Å². The summed E-state index contributed by atoms with van der Waals surface area (Å²) in [7, 11) is 0. The average Bonchev–Trinajstić information content (AvgIpc) is 1.38. The number of rotatable bonds is 0. The maximum atomic E-state index is 9.47. The Labute approximate surface area is 54.7 Å². The van der Waals surface area contributed by atoms with Gasteiger partial charge >= 0.3 is 25.4 Å². The molecule has 5 heteroatoms. The van der Waals surface area contributed by atoms with Crippen molar-refractivity contribution in [1.82, 2.24) is 6.15 Å². The van der Waals surface area contributed by atoms with Crippen LogP contribution in [0.2, 0.25) is 0 Å². The molecule has 0 radical (unpaired) electrons. The van der Waals surface area contributed by atoms with Crippen molar-refractivity contribution < 1.29 is 29.1 Å². The van der Waals surface area contributed by atoms with Crippen molar-refractivity contribution in [2.24, 2.45) is 5.90 Å². The van der Waals surface area contributed by atoms with Crippen molar-refractivity contribution >= 4 is 5.97 Å². The third-order valence-electron chi connectivity index (χ3n) is 0.166. The molecule has 7 heavy (non-hydrogen) atoms. The van der Waals surface area contributed by atoms with E-state index in [0.717, 1.165) is 0 Å². The molecule has 0 bridgehead atoms. The van der Waals surface area contributed by atoms with Crippen molar-refractivity contribution in [3.8, 4) is 0 Å². The minimum Gasteiger partial charge on any atom is -0.374 e. The number of carbonyl (C=O) groups is 1. The van der Waals surface area contributed by atoms with Crippen LogP contribution in [0.5, 0.6) is 0 Å². The smallest absolute Gasteiger partial charge is 0.374 e. The summed E-state index contributed by atoms with van der Waals surface area (Å²) in [6.45, 7) is 1.24. The Hall–Kier alpha value is 0.0134. The van der Waals surface area contributed by atoms with Gasteiger partial charge in [0.05, 0.1) is 0 Å². The molecule has 0 aromatic carbocycles. The number of nitrogens with two attached hydrogens (primary N) is 1. The van der Waals surface area contributed by atoms with Crippen LogP contribution in [0.3, 0.4) is 0 Å². The van der Waals surface area contributed by atoms with E-state index >= 15 is 0 Å². The molecule has 0 aromatic rings. The van der Waals surface area contributed by atoms with E-state index in [1.807, 2.05) is 0 Å². The quantitative estimate of drug-likeness (QED) is 0.378. The molecule has 0 aromatic heterocycles. The van der Waals surface area contributed by atoms with E-state index in [4.69, 9.17) is 0 Å². The minimum atomic E-state index is -0.468. The van der Waals surface area contributed by atoms with E-state index in [-0.39, 0.29) is 25.6 Å². The molecule has 0 aliphatic carbocycles. The topological polar surface area (TPSA) is 88.8 Å². The first kappa shape index (κ1) is 15.7. The van der Waals surface area contributed by atoms with Crippen LogP contribution in [-0.2, 0) is 29.1 Å². The van der Waals surface area contributed by atoms with Gasteiger partial charge in [0, 0.05) is 6.92 Å². The van der Waals surface area contributed by atoms with Gasteiger partial charge in [0.2, 0.25) is 0 Å². The van der Waals surface area contributed by atoms with Crippen molar-refractivity contribution in [1.29, 1.82) is 0 Å². The first-order valence-electron chi connectivity index (χ1n) is 1.14. The van der Waals surface area contributed by atoms with E-state index in [0.29, 0.717) is 0 Å². The van der Waals surface area contributed by atoms with Crippen molar-refractivity contribution in [2.45, 2.75) is 6.92 Å². The Morgan fingerprint density at radius 1 is 1.71 bits per heavy atom. The molecule has 0 spiro atoms. The SMILES string of the molecule is CC(=O)ON.[NH4+].[Zn+2]. The molecule has 0 rings (SSSR count). The summed E-state index contributed by atoms with van der Waals surface area (Å²) in [5, 5.41) is 0. The first-order valence-corrected chi connectivity index (χ1v) is 1.14. The van der Waals surface area contributed by atoms with Gasteiger partial charge < -0.3 is 11.0 Å². The second-order valence-corrected chi connectivity index (χ2v) is 0.609. The van der Waals surface area contributed by atoms with E-state index in [1.54, 1.807) is 0 Å². The van der Waals surface area contributed by atoms with E-state index in [1.165, 1.54) is 6.92 Å². The molecule has 0 saturated heterocycles. The second kappa shape index (κ2) is 9.38. The third kappa shape index (κ3) is 23.9. The van der Waals surface area contributed by atoms with Crippen LogP contribution in [0.25, 0.3) is 0 Å². The predicted octanol–water partition coefficient (Wildman–Crippen LogP) is -0.203. The van der Waals surface area contributed by atoms with E-state index < -0.39 is 5.97 Å². The Morgan fingerprint density at radius 2 is 1.86 bits per heavy atom. The zero-order valence-electron chi connectivity index (χ0n) is 4.60. The van der Waals surface area contributed by atoms with Crippen molar-refractivity contribution in [3.63, 3.8) is 0 Å². The average molecular weight is 158 g/mol. The summed E-state index contributed by atoms with van der Waals surface area (Å²) in [4.78, 5) is 13.1. The van der Waals surface area contributed by atoms with Gasteiger partial charge in [-0.3, -0.25) is 4.79 Å². The Kier molecular flexibility index (Phi) is 21.1. The zero-order valence-corrected chi connectivity index (χ0v) is 7.57. The molecule has 0 aliphatic heterocycles. The fourth-order valence-corrected chi connectivity index (χ4v) is 0. The van der Waals surface area contributed by atoms with Crippen LogP contribution in [0.15, 0.2) is 0 Å². The summed E-state index contributed by atoms with van der Waals surface area (Å²) in [5.41, 5.74) is 0. The predicted molar refractivity (Wildman–Crippen MR) is 21.9 cm³/mol. The molecular weight excluding hydrogens is 149 g/mol. The van der Waals surface area contributed by atoms with Crippen LogP contribution in [0.1, 0.15) is 6.92 Å².